The summed E-state index contributed by atoms with van der Waals surface area (Å²) in [4.78, 5) is 50.8. The van der Waals surface area contributed by atoms with Gasteiger partial charge in [0, 0.05) is 20.0 Å². The lowest BCUT2D eigenvalue weighted by Gasteiger charge is -2.27. The van der Waals surface area contributed by atoms with Crippen molar-refractivity contribution in [1.82, 2.24) is 19.5 Å². The molecule has 0 radical (unpaired) electrons. The van der Waals surface area contributed by atoms with Crippen molar-refractivity contribution in [2.75, 3.05) is 32.2 Å². The molecule has 0 amide bonds. The van der Waals surface area contributed by atoms with Crippen LogP contribution in [0.25, 0.3) is 11.2 Å². The minimum atomic E-state index is -2.28. The summed E-state index contributed by atoms with van der Waals surface area (Å²) in [6.07, 6.45) is 1.16. The lowest BCUT2D eigenvalue weighted by Crippen LogP contribution is -2.50. The molecule has 30 heavy (non-hydrogen) atoms. The van der Waals surface area contributed by atoms with Crippen LogP contribution in [0.4, 0.5) is 5.82 Å². The molecule has 0 spiro atoms. The number of halogens is 1. The first-order valence-corrected chi connectivity index (χ1v) is 9.81. The number of anilines is 1. The Hall–Kier alpha value is -2.95. The minimum Gasteiger partial charge on any atom is -0.465 e. The van der Waals surface area contributed by atoms with Crippen LogP contribution >= 0.6 is 11.6 Å². The van der Waals surface area contributed by atoms with Crippen molar-refractivity contribution < 1.29 is 28.6 Å². The molecule has 0 fully saturated rings. The molecule has 12 heteroatoms. The van der Waals surface area contributed by atoms with E-state index in [4.69, 9.17) is 25.8 Å². The molecule has 0 aliphatic heterocycles. The van der Waals surface area contributed by atoms with E-state index in [1.54, 1.807) is 32.4 Å². The summed E-state index contributed by atoms with van der Waals surface area (Å²) in [6.45, 7) is 4.64. The summed E-state index contributed by atoms with van der Waals surface area (Å²) in [5, 5.41) is 2.85. The van der Waals surface area contributed by atoms with Gasteiger partial charge >= 0.3 is 17.9 Å². The van der Waals surface area contributed by atoms with Crippen LogP contribution < -0.4 is 5.32 Å². The average Bonchev–Trinajstić information content (AvgIpc) is 3.11. The fourth-order valence-electron chi connectivity index (χ4n) is 2.86. The number of hydrogen-bond donors (Lipinski definition) is 1. The molecule has 0 aliphatic carbocycles. The zero-order valence-corrected chi connectivity index (χ0v) is 18.0. The maximum absolute atomic E-state index is 12.8. The van der Waals surface area contributed by atoms with Crippen molar-refractivity contribution in [2.45, 2.75) is 33.7 Å². The van der Waals surface area contributed by atoms with Crippen LogP contribution in [0, 0.1) is 5.41 Å². The highest BCUT2D eigenvalue weighted by Gasteiger charge is 2.57. The molecular formula is C18H24ClN5O6. The van der Waals surface area contributed by atoms with E-state index in [9.17, 15) is 14.4 Å². The number of aromatic nitrogens is 4. The first kappa shape index (κ1) is 23.3. The third-order valence-electron chi connectivity index (χ3n) is 4.27. The van der Waals surface area contributed by atoms with Crippen LogP contribution in [-0.4, -0.2) is 64.3 Å². The molecular weight excluding hydrogens is 418 g/mol. The van der Waals surface area contributed by atoms with Gasteiger partial charge in [0.15, 0.2) is 17.0 Å². The normalized spacial score (nSPS) is 11.2. The highest BCUT2D eigenvalue weighted by atomic mass is 35.5. The van der Waals surface area contributed by atoms with Gasteiger partial charge in [-0.1, -0.05) is 0 Å². The van der Waals surface area contributed by atoms with Crippen LogP contribution in [0.15, 0.2) is 6.33 Å². The Bertz CT molecular complexity index is 886. The second-order valence-electron chi connectivity index (χ2n) is 6.02. The molecule has 0 atom stereocenters. The molecule has 0 aliphatic rings. The van der Waals surface area contributed by atoms with Gasteiger partial charge in [-0.2, -0.15) is 9.97 Å². The standard InChI is InChI=1S/C18H24ClN5O6/c1-5-28-14(25)18(15(26)29-6-2,16(27)30-7-3)8-9-24-10-21-11-12(20-4)22-17(19)23-13(11)24/h10H,5-9H2,1-4H3,(H,20,22,23). The summed E-state index contributed by atoms with van der Waals surface area (Å²) in [7, 11) is 1.66. The second kappa shape index (κ2) is 10.2. The number of hydrogen-bond acceptors (Lipinski definition) is 10. The molecule has 0 bridgehead atoms. The largest absolute Gasteiger partial charge is 0.465 e. The molecule has 0 unspecified atom stereocenters. The molecule has 0 saturated heterocycles. The summed E-state index contributed by atoms with van der Waals surface area (Å²) in [6, 6.07) is 0. The number of carbonyl (C=O) groups excluding carboxylic acids is 3. The summed E-state index contributed by atoms with van der Waals surface area (Å²) < 4.78 is 16.7. The number of imidazole rings is 1. The number of nitrogens with zero attached hydrogens (tertiary/aromatic N) is 4. The minimum absolute atomic E-state index is 0.00341. The van der Waals surface area contributed by atoms with Crippen molar-refractivity contribution in [3.05, 3.63) is 11.6 Å². The van der Waals surface area contributed by atoms with E-state index in [0.29, 0.717) is 17.0 Å². The van der Waals surface area contributed by atoms with Crippen molar-refractivity contribution in [2.24, 2.45) is 5.41 Å². The molecule has 11 nitrogen and oxygen atoms in total. The molecule has 164 valence electrons. The van der Waals surface area contributed by atoms with E-state index in [-0.39, 0.29) is 38.1 Å². The fraction of sp³-hybridized carbons (Fsp3) is 0.556. The number of rotatable bonds is 10. The van der Waals surface area contributed by atoms with E-state index < -0.39 is 23.3 Å². The van der Waals surface area contributed by atoms with E-state index in [0.717, 1.165) is 0 Å². The zero-order valence-electron chi connectivity index (χ0n) is 17.2. The average molecular weight is 442 g/mol. The number of ether oxygens (including phenoxy) is 3. The van der Waals surface area contributed by atoms with Crippen molar-refractivity contribution >= 4 is 46.5 Å². The van der Waals surface area contributed by atoms with E-state index >= 15 is 0 Å². The Morgan fingerprint density at radius 2 is 1.57 bits per heavy atom. The summed E-state index contributed by atoms with van der Waals surface area (Å²) >= 11 is 5.97. The number of esters is 3. The number of aryl methyl sites for hydroxylation is 1. The molecule has 0 saturated carbocycles. The van der Waals surface area contributed by atoms with Crippen molar-refractivity contribution in [3.8, 4) is 0 Å². The molecule has 0 aromatic carbocycles. The van der Waals surface area contributed by atoms with Crippen LogP contribution in [0.5, 0.6) is 0 Å². The Labute approximate surface area is 178 Å². The first-order chi connectivity index (χ1) is 14.3. The Morgan fingerprint density at radius 3 is 2.03 bits per heavy atom. The molecule has 2 aromatic rings. The lowest BCUT2D eigenvalue weighted by atomic mass is 9.84. The highest BCUT2D eigenvalue weighted by Crippen LogP contribution is 2.31. The van der Waals surface area contributed by atoms with E-state index in [1.165, 1.54) is 6.33 Å². The van der Waals surface area contributed by atoms with Gasteiger partial charge in [-0.3, -0.25) is 14.4 Å². The third kappa shape index (κ3) is 4.45. The topological polar surface area (TPSA) is 135 Å². The summed E-state index contributed by atoms with van der Waals surface area (Å²) in [5.74, 6) is -2.68. The van der Waals surface area contributed by atoms with Gasteiger partial charge in [0.1, 0.15) is 0 Å². The monoisotopic (exact) mass is 441 g/mol. The van der Waals surface area contributed by atoms with Crippen LogP contribution in [0.2, 0.25) is 5.28 Å². The van der Waals surface area contributed by atoms with Crippen LogP contribution in [0.3, 0.4) is 0 Å². The Kier molecular flexibility index (Phi) is 7.93. The summed E-state index contributed by atoms with van der Waals surface area (Å²) in [5.41, 5.74) is -1.47. The van der Waals surface area contributed by atoms with Gasteiger partial charge in [-0.05, 0) is 32.4 Å². The quantitative estimate of drug-likeness (QED) is 0.250. The van der Waals surface area contributed by atoms with Gasteiger partial charge < -0.3 is 24.1 Å². The SMILES string of the molecule is CCOC(=O)C(CCn1cnc2c(NC)nc(Cl)nc21)(C(=O)OCC)C(=O)OCC. The molecule has 2 rings (SSSR count). The van der Waals surface area contributed by atoms with Gasteiger partial charge in [0.2, 0.25) is 5.28 Å². The Morgan fingerprint density at radius 1 is 1.03 bits per heavy atom. The van der Waals surface area contributed by atoms with Crippen LogP contribution in [0.1, 0.15) is 27.2 Å². The second-order valence-corrected chi connectivity index (χ2v) is 6.36. The van der Waals surface area contributed by atoms with Gasteiger partial charge in [0.05, 0.1) is 26.1 Å². The van der Waals surface area contributed by atoms with Gasteiger partial charge in [-0.15, -0.1) is 0 Å². The van der Waals surface area contributed by atoms with Gasteiger partial charge in [-0.25, -0.2) is 4.98 Å². The zero-order chi connectivity index (χ0) is 22.3. The van der Waals surface area contributed by atoms with Crippen LogP contribution in [-0.2, 0) is 35.1 Å². The predicted molar refractivity (Wildman–Crippen MR) is 107 cm³/mol. The predicted octanol–water partition coefficient (Wildman–Crippen LogP) is 1.59. The number of carbonyl (C=O) groups is 3. The maximum Gasteiger partial charge on any atom is 0.335 e. The van der Waals surface area contributed by atoms with E-state index in [1.807, 2.05) is 0 Å². The molecule has 2 aromatic heterocycles. The first-order valence-electron chi connectivity index (χ1n) is 9.43. The maximum atomic E-state index is 12.8. The molecule has 1 N–H and O–H groups in total. The number of nitrogens with one attached hydrogen (secondary N) is 1. The smallest absolute Gasteiger partial charge is 0.335 e. The van der Waals surface area contributed by atoms with Crippen molar-refractivity contribution in [3.63, 3.8) is 0 Å². The van der Waals surface area contributed by atoms with E-state index in [2.05, 4.69) is 20.3 Å². The lowest BCUT2D eigenvalue weighted by molar-refractivity contribution is -0.184. The number of fused-ring (bicyclic) bond motifs is 1. The third-order valence-corrected chi connectivity index (χ3v) is 4.44. The molecule has 2 heterocycles. The Balaban J connectivity index is 2.49. The fourth-order valence-corrected chi connectivity index (χ4v) is 3.03. The van der Waals surface area contributed by atoms with Crippen molar-refractivity contribution in [1.29, 1.82) is 0 Å². The highest BCUT2D eigenvalue weighted by molar-refractivity contribution is 6.28. The van der Waals surface area contributed by atoms with Gasteiger partial charge in [0.25, 0.3) is 5.41 Å².